The van der Waals surface area contributed by atoms with Gasteiger partial charge in [-0.2, -0.15) is 17.2 Å². The van der Waals surface area contributed by atoms with E-state index in [2.05, 4.69) is 22.6 Å². The largest absolute Gasteiger partial charge is 0.380 e. The molecule has 2 unspecified atom stereocenters. The number of benzene rings is 1. The normalized spacial score (nSPS) is 14.3. The van der Waals surface area contributed by atoms with E-state index < -0.39 is 0 Å². The average Bonchev–Trinajstić information content (AvgIpc) is 2.50. The zero-order valence-electron chi connectivity index (χ0n) is 11.7. The predicted molar refractivity (Wildman–Crippen MR) is 83.1 cm³/mol. The molecule has 1 aromatic heterocycles. The molecule has 0 aliphatic carbocycles. The van der Waals surface area contributed by atoms with Crippen molar-refractivity contribution in [1.29, 1.82) is 0 Å². The van der Waals surface area contributed by atoms with Gasteiger partial charge < -0.3 is 9.94 Å². The van der Waals surface area contributed by atoms with Crippen LogP contribution in [0.15, 0.2) is 36.5 Å². The summed E-state index contributed by atoms with van der Waals surface area (Å²) < 4.78 is 5.22. The van der Waals surface area contributed by atoms with Crippen molar-refractivity contribution in [2.45, 2.75) is 24.8 Å². The van der Waals surface area contributed by atoms with Crippen LogP contribution in [0.4, 0.5) is 0 Å². The Hall–Kier alpha value is -1.14. The third-order valence-corrected chi connectivity index (χ3v) is 4.45. The van der Waals surface area contributed by atoms with E-state index in [4.69, 9.17) is 9.94 Å². The number of hydroxylamine groups is 1. The van der Waals surface area contributed by atoms with E-state index in [1.165, 1.54) is 5.56 Å². The lowest BCUT2D eigenvalue weighted by molar-refractivity contribution is 0.0303. The number of pyridine rings is 1. The van der Waals surface area contributed by atoms with E-state index in [1.807, 2.05) is 31.3 Å². The number of nitrogens with one attached hydrogen (secondary N) is 1. The minimum atomic E-state index is -0.0709. The van der Waals surface area contributed by atoms with Gasteiger partial charge in [0.2, 0.25) is 0 Å². The smallest absolute Gasteiger partial charge is 0.0727 e. The predicted octanol–water partition coefficient (Wildman–Crippen LogP) is 2.85. The van der Waals surface area contributed by atoms with E-state index >= 15 is 0 Å². The topological polar surface area (TPSA) is 54.4 Å². The SMILES string of the molecule is COC(C)C(CSCc1cnc2ccccc2c1)NO. The summed E-state index contributed by atoms with van der Waals surface area (Å²) in [5.74, 6) is 1.64. The number of hydrogen-bond acceptors (Lipinski definition) is 5. The van der Waals surface area contributed by atoms with Gasteiger partial charge in [-0.3, -0.25) is 4.98 Å². The molecule has 2 rings (SSSR count). The first kappa shape index (κ1) is 15.3. The number of para-hydroxylation sites is 1. The molecule has 0 radical (unpaired) electrons. The van der Waals surface area contributed by atoms with Gasteiger partial charge in [0.05, 0.1) is 17.7 Å². The molecule has 0 saturated heterocycles. The Morgan fingerprint density at radius 3 is 2.95 bits per heavy atom. The molecule has 1 aromatic carbocycles. The van der Waals surface area contributed by atoms with Gasteiger partial charge >= 0.3 is 0 Å². The Kier molecular flexibility index (Phi) is 5.79. The van der Waals surface area contributed by atoms with E-state index in [1.54, 1.807) is 18.9 Å². The summed E-state index contributed by atoms with van der Waals surface area (Å²) in [6.07, 6.45) is 1.89. The van der Waals surface area contributed by atoms with E-state index in [-0.39, 0.29) is 12.1 Å². The molecular weight excluding hydrogens is 272 g/mol. The van der Waals surface area contributed by atoms with Gasteiger partial charge in [-0.15, -0.1) is 0 Å². The van der Waals surface area contributed by atoms with Crippen molar-refractivity contribution in [2.24, 2.45) is 0 Å². The minimum absolute atomic E-state index is 0.0257. The van der Waals surface area contributed by atoms with Crippen LogP contribution in [0.5, 0.6) is 0 Å². The first-order valence-electron chi connectivity index (χ1n) is 6.58. The van der Waals surface area contributed by atoms with E-state index in [0.29, 0.717) is 0 Å². The number of rotatable bonds is 7. The Balaban J connectivity index is 1.92. The van der Waals surface area contributed by atoms with Crippen molar-refractivity contribution < 1.29 is 9.94 Å². The first-order chi connectivity index (χ1) is 9.74. The standard InChI is InChI=1S/C15H20N2O2S/c1-11(19-2)15(17-18)10-20-9-12-7-13-5-3-4-6-14(13)16-8-12/h3-8,11,15,17-18H,9-10H2,1-2H3. The molecule has 0 amide bonds. The van der Waals surface area contributed by atoms with Crippen molar-refractivity contribution >= 4 is 22.7 Å². The third kappa shape index (κ3) is 3.93. The minimum Gasteiger partial charge on any atom is -0.380 e. The van der Waals surface area contributed by atoms with Gasteiger partial charge in [-0.05, 0) is 24.6 Å². The highest BCUT2D eigenvalue weighted by molar-refractivity contribution is 7.98. The lowest BCUT2D eigenvalue weighted by atomic mass is 10.2. The lowest BCUT2D eigenvalue weighted by Crippen LogP contribution is -2.39. The third-order valence-electron chi connectivity index (χ3n) is 3.32. The van der Waals surface area contributed by atoms with Gasteiger partial charge in [-0.25, -0.2) is 0 Å². The molecule has 2 aromatic rings. The number of fused-ring (bicyclic) bond motifs is 1. The number of hydrogen-bond donors (Lipinski definition) is 2. The summed E-state index contributed by atoms with van der Waals surface area (Å²) >= 11 is 1.75. The molecular formula is C15H20N2O2S. The van der Waals surface area contributed by atoms with Crippen LogP contribution < -0.4 is 5.48 Å². The number of thioether (sulfide) groups is 1. The molecule has 4 nitrogen and oxygen atoms in total. The van der Waals surface area contributed by atoms with Crippen LogP contribution in [0.2, 0.25) is 0 Å². The first-order valence-corrected chi connectivity index (χ1v) is 7.74. The Labute approximate surface area is 123 Å². The molecule has 0 bridgehead atoms. The molecule has 1 heterocycles. The van der Waals surface area contributed by atoms with E-state index in [0.717, 1.165) is 22.4 Å². The van der Waals surface area contributed by atoms with Crippen LogP contribution in [-0.2, 0) is 10.5 Å². The number of nitrogens with zero attached hydrogens (tertiary/aromatic N) is 1. The maximum Gasteiger partial charge on any atom is 0.0727 e. The quantitative estimate of drug-likeness (QED) is 0.769. The highest BCUT2D eigenvalue weighted by Crippen LogP contribution is 2.18. The van der Waals surface area contributed by atoms with Crippen molar-refractivity contribution in [1.82, 2.24) is 10.5 Å². The molecule has 2 N–H and O–H groups in total. The highest BCUT2D eigenvalue weighted by atomic mass is 32.2. The fourth-order valence-electron chi connectivity index (χ4n) is 1.94. The van der Waals surface area contributed by atoms with Crippen LogP contribution in [0.25, 0.3) is 10.9 Å². The van der Waals surface area contributed by atoms with Crippen molar-refractivity contribution in [2.75, 3.05) is 12.9 Å². The molecule has 0 spiro atoms. The van der Waals surface area contributed by atoms with Gasteiger partial charge in [-0.1, -0.05) is 18.2 Å². The lowest BCUT2D eigenvalue weighted by Gasteiger charge is -2.20. The second-order valence-electron chi connectivity index (χ2n) is 4.73. The van der Waals surface area contributed by atoms with Crippen LogP contribution in [0.1, 0.15) is 12.5 Å². The maximum absolute atomic E-state index is 9.11. The van der Waals surface area contributed by atoms with Crippen molar-refractivity contribution in [3.05, 3.63) is 42.1 Å². The molecule has 108 valence electrons. The summed E-state index contributed by atoms with van der Waals surface area (Å²) in [5.41, 5.74) is 4.52. The van der Waals surface area contributed by atoms with Gasteiger partial charge in [0, 0.05) is 30.2 Å². The summed E-state index contributed by atoms with van der Waals surface area (Å²) in [6, 6.07) is 10.2. The fourth-order valence-corrected chi connectivity index (χ4v) is 3.05. The zero-order valence-corrected chi connectivity index (χ0v) is 12.6. The monoisotopic (exact) mass is 292 g/mol. The Morgan fingerprint density at radius 1 is 1.40 bits per heavy atom. The second kappa shape index (κ2) is 7.59. The van der Waals surface area contributed by atoms with Crippen LogP contribution in [0, 0.1) is 0 Å². The molecule has 0 aliphatic heterocycles. The molecule has 0 aliphatic rings. The second-order valence-corrected chi connectivity index (χ2v) is 5.76. The molecule has 5 heteroatoms. The molecule has 0 fully saturated rings. The highest BCUT2D eigenvalue weighted by Gasteiger charge is 2.15. The van der Waals surface area contributed by atoms with Gasteiger partial charge in [0.15, 0.2) is 0 Å². The molecule has 20 heavy (non-hydrogen) atoms. The fraction of sp³-hybridized carbons (Fsp3) is 0.400. The summed E-state index contributed by atoms with van der Waals surface area (Å²) in [5, 5.41) is 10.3. The maximum atomic E-state index is 9.11. The summed E-state index contributed by atoms with van der Waals surface area (Å²) in [7, 11) is 1.65. The van der Waals surface area contributed by atoms with Crippen LogP contribution in [0.3, 0.4) is 0 Å². The van der Waals surface area contributed by atoms with Gasteiger partial charge in [0.1, 0.15) is 0 Å². The summed E-state index contributed by atoms with van der Waals surface area (Å²) in [4.78, 5) is 4.45. The Bertz CT molecular complexity index is 550. The van der Waals surface area contributed by atoms with Crippen LogP contribution >= 0.6 is 11.8 Å². The average molecular weight is 292 g/mol. The number of methoxy groups -OCH3 is 1. The zero-order chi connectivity index (χ0) is 14.4. The van der Waals surface area contributed by atoms with Crippen molar-refractivity contribution in [3.63, 3.8) is 0 Å². The molecule has 2 atom stereocenters. The number of ether oxygens (including phenoxy) is 1. The van der Waals surface area contributed by atoms with E-state index in [9.17, 15) is 0 Å². The molecule has 0 saturated carbocycles. The van der Waals surface area contributed by atoms with Crippen molar-refractivity contribution in [3.8, 4) is 0 Å². The summed E-state index contributed by atoms with van der Waals surface area (Å²) in [6.45, 7) is 1.94. The van der Waals surface area contributed by atoms with Crippen LogP contribution in [-0.4, -0.2) is 35.2 Å². The van der Waals surface area contributed by atoms with Gasteiger partial charge in [0.25, 0.3) is 0 Å². The Morgan fingerprint density at radius 2 is 2.20 bits per heavy atom. The number of aromatic nitrogens is 1.